The van der Waals surface area contributed by atoms with Crippen LogP contribution in [0.1, 0.15) is 72.6 Å². The molecule has 0 aromatic rings. The average molecular weight is 222 g/mol. The van der Waals surface area contributed by atoms with E-state index in [0.717, 1.165) is 29.1 Å². The van der Waals surface area contributed by atoms with Crippen LogP contribution >= 0.6 is 0 Å². The summed E-state index contributed by atoms with van der Waals surface area (Å²) in [4.78, 5) is 0. The first-order chi connectivity index (χ1) is 7.54. The third-order valence-corrected chi connectivity index (χ3v) is 5.51. The molecule has 0 bridgehead atoms. The molecule has 2 fully saturated rings. The van der Waals surface area contributed by atoms with Crippen LogP contribution in [0.2, 0.25) is 0 Å². The van der Waals surface area contributed by atoms with Crippen LogP contribution in [-0.2, 0) is 0 Å². The van der Waals surface area contributed by atoms with Gasteiger partial charge >= 0.3 is 0 Å². The van der Waals surface area contributed by atoms with Gasteiger partial charge in [-0.2, -0.15) is 0 Å². The van der Waals surface area contributed by atoms with Crippen LogP contribution in [0.15, 0.2) is 0 Å². The first-order valence-corrected chi connectivity index (χ1v) is 7.54. The van der Waals surface area contributed by atoms with Crippen molar-refractivity contribution >= 4 is 0 Å². The molecular formula is C16H30. The Labute approximate surface area is 102 Å². The van der Waals surface area contributed by atoms with Gasteiger partial charge in [0.1, 0.15) is 0 Å². The van der Waals surface area contributed by atoms with E-state index in [1.165, 1.54) is 19.3 Å². The van der Waals surface area contributed by atoms with Crippen LogP contribution in [0.5, 0.6) is 0 Å². The molecule has 0 aliphatic heterocycles. The fourth-order valence-electron chi connectivity index (χ4n) is 4.56. The highest BCUT2D eigenvalue weighted by atomic mass is 14.5. The van der Waals surface area contributed by atoms with E-state index < -0.39 is 0 Å². The molecule has 2 rings (SSSR count). The predicted molar refractivity (Wildman–Crippen MR) is 71.4 cm³/mol. The van der Waals surface area contributed by atoms with E-state index in [2.05, 4.69) is 27.7 Å². The van der Waals surface area contributed by atoms with Gasteiger partial charge < -0.3 is 0 Å². The minimum absolute atomic E-state index is 0.780. The zero-order valence-corrected chi connectivity index (χ0v) is 11.8. The molecule has 1 spiro atoms. The molecule has 2 atom stereocenters. The third kappa shape index (κ3) is 2.31. The van der Waals surface area contributed by atoms with Crippen LogP contribution < -0.4 is 0 Å². The van der Waals surface area contributed by atoms with Crippen LogP contribution in [0.25, 0.3) is 0 Å². The minimum atomic E-state index is 0.780. The zero-order valence-electron chi connectivity index (χ0n) is 11.8. The Morgan fingerprint density at radius 3 is 1.56 bits per heavy atom. The van der Waals surface area contributed by atoms with Crippen LogP contribution in [-0.4, -0.2) is 0 Å². The highest BCUT2D eigenvalue weighted by molar-refractivity contribution is 4.97. The van der Waals surface area contributed by atoms with Crippen molar-refractivity contribution in [1.82, 2.24) is 0 Å². The Kier molecular flexibility index (Phi) is 3.66. The van der Waals surface area contributed by atoms with E-state index in [1.54, 1.807) is 25.7 Å². The fraction of sp³-hybridized carbons (Fsp3) is 1.00. The molecule has 2 aliphatic rings. The van der Waals surface area contributed by atoms with E-state index in [1.807, 2.05) is 0 Å². The standard InChI is InChI=1S/C16H30/c1-12(2)14-10-16(8-6-5-7-9-16)11-15(14)13(3)4/h12-15H,5-11H2,1-4H3. The van der Waals surface area contributed by atoms with E-state index in [9.17, 15) is 0 Å². The lowest BCUT2D eigenvalue weighted by atomic mass is 9.71. The summed E-state index contributed by atoms with van der Waals surface area (Å²) in [5.41, 5.74) is 0.780. The highest BCUT2D eigenvalue weighted by Crippen LogP contribution is 2.57. The quantitative estimate of drug-likeness (QED) is 0.596. The lowest BCUT2D eigenvalue weighted by molar-refractivity contribution is 0.180. The van der Waals surface area contributed by atoms with Gasteiger partial charge in [-0.05, 0) is 54.8 Å². The summed E-state index contributed by atoms with van der Waals surface area (Å²) in [5.74, 6) is 3.82. The molecule has 0 aromatic carbocycles. The number of hydrogen-bond donors (Lipinski definition) is 0. The largest absolute Gasteiger partial charge is 0.0625 e. The molecule has 0 N–H and O–H groups in total. The van der Waals surface area contributed by atoms with Gasteiger partial charge in [0.05, 0.1) is 0 Å². The van der Waals surface area contributed by atoms with Crippen molar-refractivity contribution in [3.63, 3.8) is 0 Å². The Bertz CT molecular complexity index is 202. The molecule has 0 radical (unpaired) electrons. The van der Waals surface area contributed by atoms with Crippen molar-refractivity contribution in [3.8, 4) is 0 Å². The van der Waals surface area contributed by atoms with Gasteiger partial charge in [0.15, 0.2) is 0 Å². The zero-order chi connectivity index (χ0) is 11.8. The lowest BCUT2D eigenvalue weighted by Crippen LogP contribution is -2.21. The molecule has 94 valence electrons. The first kappa shape index (κ1) is 12.5. The molecule has 0 heteroatoms. The Balaban J connectivity index is 2.10. The molecule has 0 saturated heterocycles. The summed E-state index contributed by atoms with van der Waals surface area (Å²) < 4.78 is 0. The molecule has 2 unspecified atom stereocenters. The topological polar surface area (TPSA) is 0 Å². The molecule has 0 amide bonds. The van der Waals surface area contributed by atoms with Crippen molar-refractivity contribution in [3.05, 3.63) is 0 Å². The maximum absolute atomic E-state index is 2.45. The second kappa shape index (κ2) is 4.70. The predicted octanol–water partition coefficient (Wildman–Crippen LogP) is 5.28. The summed E-state index contributed by atoms with van der Waals surface area (Å²) in [6.45, 7) is 9.79. The Hall–Kier alpha value is 0. The molecular weight excluding hydrogens is 192 g/mol. The van der Waals surface area contributed by atoms with Crippen molar-refractivity contribution in [2.75, 3.05) is 0 Å². The summed E-state index contributed by atoms with van der Waals surface area (Å²) in [7, 11) is 0. The van der Waals surface area contributed by atoms with Crippen molar-refractivity contribution in [1.29, 1.82) is 0 Å². The van der Waals surface area contributed by atoms with Crippen molar-refractivity contribution in [2.45, 2.75) is 72.6 Å². The molecule has 16 heavy (non-hydrogen) atoms. The number of hydrogen-bond acceptors (Lipinski definition) is 0. The first-order valence-electron chi connectivity index (χ1n) is 7.54. The van der Waals surface area contributed by atoms with Gasteiger partial charge in [0.2, 0.25) is 0 Å². The second-order valence-electron chi connectivity index (χ2n) is 7.28. The van der Waals surface area contributed by atoms with Crippen molar-refractivity contribution < 1.29 is 0 Å². The van der Waals surface area contributed by atoms with Gasteiger partial charge in [0, 0.05) is 0 Å². The Morgan fingerprint density at radius 2 is 1.19 bits per heavy atom. The molecule has 0 nitrogen and oxygen atoms in total. The summed E-state index contributed by atoms with van der Waals surface area (Å²) in [5, 5.41) is 0. The maximum Gasteiger partial charge on any atom is -0.0292 e. The SMILES string of the molecule is CC(C)C1CC2(CCCCC2)CC1C(C)C. The van der Waals surface area contributed by atoms with Gasteiger partial charge in [-0.25, -0.2) is 0 Å². The van der Waals surface area contributed by atoms with Crippen LogP contribution in [0, 0.1) is 29.1 Å². The number of rotatable bonds is 2. The molecule has 2 aliphatic carbocycles. The van der Waals surface area contributed by atoms with Crippen LogP contribution in [0.4, 0.5) is 0 Å². The van der Waals surface area contributed by atoms with E-state index in [4.69, 9.17) is 0 Å². The minimum Gasteiger partial charge on any atom is -0.0625 e. The van der Waals surface area contributed by atoms with Crippen molar-refractivity contribution in [2.24, 2.45) is 29.1 Å². The van der Waals surface area contributed by atoms with Gasteiger partial charge in [-0.15, -0.1) is 0 Å². The smallest absolute Gasteiger partial charge is 0.0292 e. The molecule has 0 aromatic heterocycles. The summed E-state index contributed by atoms with van der Waals surface area (Å²) in [6, 6.07) is 0. The van der Waals surface area contributed by atoms with E-state index in [-0.39, 0.29) is 0 Å². The summed E-state index contributed by atoms with van der Waals surface area (Å²) >= 11 is 0. The average Bonchev–Trinajstić information content (AvgIpc) is 2.59. The van der Waals surface area contributed by atoms with Gasteiger partial charge in [-0.1, -0.05) is 47.0 Å². The van der Waals surface area contributed by atoms with E-state index in [0.29, 0.717) is 0 Å². The normalized spacial score (nSPS) is 34.1. The lowest BCUT2D eigenvalue weighted by Gasteiger charge is -2.34. The second-order valence-corrected chi connectivity index (χ2v) is 7.28. The maximum atomic E-state index is 2.45. The van der Waals surface area contributed by atoms with Crippen LogP contribution in [0.3, 0.4) is 0 Å². The van der Waals surface area contributed by atoms with Gasteiger partial charge in [0.25, 0.3) is 0 Å². The third-order valence-electron chi connectivity index (χ3n) is 5.51. The van der Waals surface area contributed by atoms with E-state index >= 15 is 0 Å². The molecule has 2 saturated carbocycles. The van der Waals surface area contributed by atoms with Gasteiger partial charge in [-0.3, -0.25) is 0 Å². The highest BCUT2D eigenvalue weighted by Gasteiger charge is 2.46. The molecule has 0 heterocycles. The Morgan fingerprint density at radius 1 is 0.750 bits per heavy atom. The monoisotopic (exact) mass is 222 g/mol. The fourth-order valence-corrected chi connectivity index (χ4v) is 4.56. The summed E-state index contributed by atoms with van der Waals surface area (Å²) in [6.07, 6.45) is 10.7.